The Balaban J connectivity index is 4.35. The predicted molar refractivity (Wildman–Crippen MR) is 93.9 cm³/mol. The summed E-state index contributed by atoms with van der Waals surface area (Å²) in [7, 11) is 0. The molecule has 0 aliphatic heterocycles. The Hall–Kier alpha value is -0.120. The molecule has 0 aromatic carbocycles. The van der Waals surface area contributed by atoms with Crippen LogP contribution >= 0.6 is 0 Å². The van der Waals surface area contributed by atoms with Gasteiger partial charge in [0.15, 0.2) is 0 Å². The van der Waals surface area contributed by atoms with Crippen LogP contribution in [0.1, 0.15) is 79.6 Å². The summed E-state index contributed by atoms with van der Waals surface area (Å²) >= 11 is 0. The lowest BCUT2D eigenvalue weighted by Crippen LogP contribution is -2.49. The van der Waals surface area contributed by atoms with E-state index in [1.165, 1.54) is 32.2 Å². The van der Waals surface area contributed by atoms with Crippen LogP contribution in [0.2, 0.25) is 0 Å². The molecule has 0 aromatic heterocycles. The minimum absolute atomic E-state index is 0.0676. The average Bonchev–Trinajstić information content (AvgIpc) is 2.53. The van der Waals surface area contributed by atoms with Gasteiger partial charge in [0.05, 0.1) is 6.61 Å². The van der Waals surface area contributed by atoms with Crippen molar-refractivity contribution in [1.82, 2.24) is 10.2 Å². The maximum Gasteiger partial charge on any atom is 0.0613 e. The van der Waals surface area contributed by atoms with E-state index in [0.29, 0.717) is 6.04 Å². The quantitative estimate of drug-likeness (QED) is 0.512. The Morgan fingerprint density at radius 2 is 1.71 bits per heavy atom. The van der Waals surface area contributed by atoms with Crippen molar-refractivity contribution in [2.24, 2.45) is 0 Å². The van der Waals surface area contributed by atoms with Gasteiger partial charge in [0.2, 0.25) is 0 Å². The first-order chi connectivity index (χ1) is 10.1. The fourth-order valence-electron chi connectivity index (χ4n) is 2.82. The zero-order valence-corrected chi connectivity index (χ0v) is 15.2. The van der Waals surface area contributed by atoms with E-state index in [0.717, 1.165) is 32.4 Å². The second-order valence-corrected chi connectivity index (χ2v) is 6.47. The lowest BCUT2D eigenvalue weighted by atomic mass is 9.90. The molecule has 0 heterocycles. The number of aliphatic hydroxyl groups excluding tert-OH is 1. The highest BCUT2D eigenvalue weighted by Crippen LogP contribution is 2.18. The van der Waals surface area contributed by atoms with Crippen LogP contribution < -0.4 is 5.32 Å². The Kier molecular flexibility index (Phi) is 12.4. The van der Waals surface area contributed by atoms with Crippen LogP contribution in [0.5, 0.6) is 0 Å². The number of hydrogen-bond donors (Lipinski definition) is 2. The summed E-state index contributed by atoms with van der Waals surface area (Å²) in [5.41, 5.74) is -0.0676. The fourth-order valence-corrected chi connectivity index (χ4v) is 2.82. The molecule has 3 heteroatoms. The molecule has 0 saturated heterocycles. The summed E-state index contributed by atoms with van der Waals surface area (Å²) in [6, 6.07) is 0.672. The third-order valence-corrected chi connectivity index (χ3v) is 4.84. The highest BCUT2D eigenvalue weighted by Gasteiger charge is 2.26. The van der Waals surface area contributed by atoms with E-state index in [4.69, 9.17) is 0 Å². The van der Waals surface area contributed by atoms with E-state index in [1.807, 2.05) is 0 Å². The monoisotopic (exact) mass is 300 g/mol. The molecule has 0 spiro atoms. The number of nitrogens with zero attached hydrogens (tertiary/aromatic N) is 1. The van der Waals surface area contributed by atoms with Gasteiger partial charge >= 0.3 is 0 Å². The van der Waals surface area contributed by atoms with Crippen molar-refractivity contribution in [3.63, 3.8) is 0 Å². The largest absolute Gasteiger partial charge is 0.394 e. The zero-order valence-electron chi connectivity index (χ0n) is 15.2. The first kappa shape index (κ1) is 20.9. The summed E-state index contributed by atoms with van der Waals surface area (Å²) in [5, 5.41) is 13.4. The molecule has 0 rings (SSSR count). The second kappa shape index (κ2) is 12.4. The van der Waals surface area contributed by atoms with Gasteiger partial charge in [-0.3, -0.25) is 0 Å². The third-order valence-electron chi connectivity index (χ3n) is 4.84. The molecule has 0 saturated carbocycles. The van der Waals surface area contributed by atoms with Crippen LogP contribution in [0.25, 0.3) is 0 Å². The second-order valence-electron chi connectivity index (χ2n) is 6.47. The van der Waals surface area contributed by atoms with Crippen molar-refractivity contribution >= 4 is 0 Å². The van der Waals surface area contributed by atoms with Crippen molar-refractivity contribution in [2.45, 2.75) is 91.1 Å². The lowest BCUT2D eigenvalue weighted by molar-refractivity contribution is 0.132. The Labute approximate surface area is 133 Å². The van der Waals surface area contributed by atoms with Gasteiger partial charge < -0.3 is 15.3 Å². The molecule has 2 unspecified atom stereocenters. The van der Waals surface area contributed by atoms with E-state index in [1.54, 1.807) is 0 Å². The summed E-state index contributed by atoms with van der Waals surface area (Å²) in [5.74, 6) is 0. The maximum absolute atomic E-state index is 9.79. The molecular weight excluding hydrogens is 260 g/mol. The van der Waals surface area contributed by atoms with Gasteiger partial charge in [0.1, 0.15) is 0 Å². The highest BCUT2D eigenvalue weighted by molar-refractivity contribution is 4.86. The summed E-state index contributed by atoms with van der Waals surface area (Å²) in [4.78, 5) is 2.63. The van der Waals surface area contributed by atoms with Gasteiger partial charge in [0.25, 0.3) is 0 Å². The molecule has 0 amide bonds. The molecule has 0 aliphatic rings. The molecule has 0 bridgehead atoms. The molecule has 0 fully saturated rings. The van der Waals surface area contributed by atoms with Crippen molar-refractivity contribution in [1.29, 1.82) is 0 Å². The van der Waals surface area contributed by atoms with Crippen LogP contribution in [-0.2, 0) is 0 Å². The molecule has 128 valence electrons. The Morgan fingerprint density at radius 1 is 1.05 bits per heavy atom. The minimum atomic E-state index is -0.0676. The Morgan fingerprint density at radius 3 is 2.19 bits per heavy atom. The van der Waals surface area contributed by atoms with Gasteiger partial charge in [0, 0.05) is 11.6 Å². The Bertz CT molecular complexity index is 229. The van der Waals surface area contributed by atoms with E-state index in [-0.39, 0.29) is 12.1 Å². The lowest BCUT2D eigenvalue weighted by Gasteiger charge is -2.34. The number of hydrogen-bond acceptors (Lipinski definition) is 3. The van der Waals surface area contributed by atoms with E-state index < -0.39 is 0 Å². The van der Waals surface area contributed by atoms with Crippen LogP contribution in [0.15, 0.2) is 0 Å². The number of rotatable bonds is 14. The van der Waals surface area contributed by atoms with Gasteiger partial charge in [-0.2, -0.15) is 0 Å². The van der Waals surface area contributed by atoms with Crippen molar-refractivity contribution in [3.8, 4) is 0 Å². The fraction of sp³-hybridized carbons (Fsp3) is 1.00. The van der Waals surface area contributed by atoms with Crippen LogP contribution in [0.4, 0.5) is 0 Å². The molecule has 3 nitrogen and oxygen atoms in total. The summed E-state index contributed by atoms with van der Waals surface area (Å²) in [6.07, 6.45) is 8.13. The zero-order chi connectivity index (χ0) is 16.1. The molecule has 2 N–H and O–H groups in total. The molecular formula is C18H40N2O. The minimum Gasteiger partial charge on any atom is -0.394 e. The topological polar surface area (TPSA) is 35.5 Å². The van der Waals surface area contributed by atoms with E-state index >= 15 is 0 Å². The molecule has 0 radical (unpaired) electrons. The van der Waals surface area contributed by atoms with Crippen molar-refractivity contribution in [2.75, 3.05) is 26.2 Å². The SMILES string of the molecule is CCCCN(CCCC(CC)(CO)NCCC)C(C)CC. The van der Waals surface area contributed by atoms with Gasteiger partial charge in [-0.15, -0.1) is 0 Å². The molecule has 0 aliphatic carbocycles. The van der Waals surface area contributed by atoms with Crippen LogP contribution in [0.3, 0.4) is 0 Å². The summed E-state index contributed by atoms with van der Waals surface area (Å²) in [6.45, 7) is 14.9. The highest BCUT2D eigenvalue weighted by atomic mass is 16.3. The summed E-state index contributed by atoms with van der Waals surface area (Å²) < 4.78 is 0. The van der Waals surface area contributed by atoms with Gasteiger partial charge in [-0.25, -0.2) is 0 Å². The van der Waals surface area contributed by atoms with Gasteiger partial charge in [-0.1, -0.05) is 34.1 Å². The molecule has 2 atom stereocenters. The maximum atomic E-state index is 9.79. The number of nitrogens with one attached hydrogen (secondary N) is 1. The van der Waals surface area contributed by atoms with Crippen LogP contribution in [-0.4, -0.2) is 47.8 Å². The molecule has 0 aromatic rings. The smallest absolute Gasteiger partial charge is 0.0613 e. The van der Waals surface area contributed by atoms with Crippen molar-refractivity contribution in [3.05, 3.63) is 0 Å². The van der Waals surface area contributed by atoms with Crippen LogP contribution in [0, 0.1) is 0 Å². The third kappa shape index (κ3) is 8.18. The van der Waals surface area contributed by atoms with Crippen molar-refractivity contribution < 1.29 is 5.11 Å². The van der Waals surface area contributed by atoms with Gasteiger partial charge in [-0.05, 0) is 65.1 Å². The normalized spacial score (nSPS) is 16.1. The first-order valence-electron chi connectivity index (χ1n) is 9.19. The first-order valence-corrected chi connectivity index (χ1v) is 9.19. The van der Waals surface area contributed by atoms with E-state index in [2.05, 4.69) is 44.8 Å². The number of unbranched alkanes of at least 4 members (excludes halogenated alkanes) is 1. The standard InChI is InChI=1S/C18H40N2O/c1-6-10-14-20(17(5)8-3)15-11-12-18(9-4,16-21)19-13-7-2/h17,19,21H,6-16H2,1-5H3. The number of aliphatic hydroxyl groups is 1. The predicted octanol–water partition coefficient (Wildman–Crippen LogP) is 3.81. The van der Waals surface area contributed by atoms with E-state index in [9.17, 15) is 5.11 Å². The molecule has 21 heavy (non-hydrogen) atoms. The average molecular weight is 301 g/mol.